The normalized spacial score (nSPS) is 15.9. The molecule has 0 saturated carbocycles. The molecule has 1 aromatic rings. The van der Waals surface area contributed by atoms with Crippen molar-refractivity contribution in [1.82, 2.24) is 4.90 Å². The number of halogens is 1. The molecule has 1 aliphatic rings. The van der Waals surface area contributed by atoms with Crippen LogP contribution in [0.25, 0.3) is 0 Å². The van der Waals surface area contributed by atoms with Crippen molar-refractivity contribution in [3.8, 4) is 0 Å². The number of amides is 1. The van der Waals surface area contributed by atoms with E-state index in [0.717, 1.165) is 16.4 Å². The Morgan fingerprint density at radius 1 is 1.45 bits per heavy atom. The molecule has 1 heterocycles. The van der Waals surface area contributed by atoms with E-state index >= 15 is 0 Å². The molecule has 1 fully saturated rings. The van der Waals surface area contributed by atoms with Crippen LogP contribution in [0.4, 0.5) is 5.69 Å². The predicted molar refractivity (Wildman–Crippen MR) is 81.7 cm³/mol. The van der Waals surface area contributed by atoms with Crippen LogP contribution in [0.1, 0.15) is 23.2 Å². The Kier molecular flexibility index (Phi) is 4.92. The summed E-state index contributed by atoms with van der Waals surface area (Å²) in [4.78, 5) is 24.5. The lowest BCUT2D eigenvalue weighted by atomic mass is 10.1. The van der Waals surface area contributed by atoms with Crippen LogP contribution < -0.4 is 0 Å². The molecule has 0 atom stereocenters. The van der Waals surface area contributed by atoms with E-state index in [1.165, 1.54) is 12.1 Å². The number of nitro benzene ring substituents is 1. The van der Waals surface area contributed by atoms with E-state index in [0.29, 0.717) is 18.8 Å². The zero-order valence-corrected chi connectivity index (χ0v) is 13.2. The summed E-state index contributed by atoms with van der Waals surface area (Å²) in [7, 11) is 1.74. The quantitative estimate of drug-likeness (QED) is 0.452. The first kappa shape index (κ1) is 15.2. The fraction of sp³-hybridized carbons (Fsp3) is 0.462. The second kappa shape index (κ2) is 6.49. The van der Waals surface area contributed by atoms with Crippen molar-refractivity contribution in [2.24, 2.45) is 0 Å². The summed E-state index contributed by atoms with van der Waals surface area (Å²) >= 11 is 2.03. The summed E-state index contributed by atoms with van der Waals surface area (Å²) in [6, 6.07) is 4.49. The second-order valence-corrected chi connectivity index (χ2v) is 5.84. The predicted octanol–water partition coefficient (Wildman–Crippen LogP) is 2.45. The second-order valence-electron chi connectivity index (χ2n) is 4.68. The van der Waals surface area contributed by atoms with Gasteiger partial charge >= 0.3 is 0 Å². The van der Waals surface area contributed by atoms with Crippen molar-refractivity contribution in [2.75, 3.05) is 20.3 Å². The third-order valence-corrected chi connectivity index (χ3v) is 4.39. The Labute approximate surface area is 130 Å². The molecular weight excluding hydrogens is 375 g/mol. The Bertz CT molecular complexity index is 529. The van der Waals surface area contributed by atoms with Crippen LogP contribution in [0, 0.1) is 13.7 Å². The minimum atomic E-state index is -0.485. The number of hydrogen-bond donors (Lipinski definition) is 0. The number of carbonyl (C=O) groups is 1. The van der Waals surface area contributed by atoms with Gasteiger partial charge in [-0.1, -0.05) is 0 Å². The Morgan fingerprint density at radius 2 is 2.10 bits per heavy atom. The molecule has 0 N–H and O–H groups in total. The highest BCUT2D eigenvalue weighted by atomic mass is 127. The zero-order valence-electron chi connectivity index (χ0n) is 11.0. The van der Waals surface area contributed by atoms with Gasteiger partial charge in [-0.2, -0.15) is 0 Å². The summed E-state index contributed by atoms with van der Waals surface area (Å²) in [5, 5.41) is 10.8. The largest absolute Gasteiger partial charge is 0.381 e. The number of rotatable bonds is 3. The van der Waals surface area contributed by atoms with E-state index in [1.807, 2.05) is 22.6 Å². The number of non-ortho nitro benzene ring substituents is 1. The van der Waals surface area contributed by atoms with Crippen LogP contribution in [0.2, 0.25) is 0 Å². The fourth-order valence-corrected chi connectivity index (χ4v) is 2.79. The first-order valence-corrected chi connectivity index (χ1v) is 7.37. The van der Waals surface area contributed by atoms with Crippen molar-refractivity contribution < 1.29 is 14.5 Å². The SMILES string of the molecule is CN(C(=O)c1cc([N+](=O)[O-])ccc1I)C1CCOCC1. The molecule has 2 rings (SSSR count). The van der Waals surface area contributed by atoms with Gasteiger partial charge in [0.05, 0.1) is 10.5 Å². The molecule has 7 heteroatoms. The van der Waals surface area contributed by atoms with Gasteiger partial charge in [0.1, 0.15) is 0 Å². The number of nitrogens with zero attached hydrogens (tertiary/aromatic N) is 2. The Hall–Kier alpha value is -1.22. The van der Waals surface area contributed by atoms with Crippen LogP contribution in [-0.4, -0.2) is 42.0 Å². The molecule has 0 bridgehead atoms. The first-order valence-electron chi connectivity index (χ1n) is 6.29. The summed E-state index contributed by atoms with van der Waals surface area (Å²) < 4.78 is 6.00. The van der Waals surface area contributed by atoms with Gasteiger partial charge in [0.15, 0.2) is 0 Å². The van der Waals surface area contributed by atoms with Crippen molar-refractivity contribution in [3.05, 3.63) is 37.4 Å². The van der Waals surface area contributed by atoms with Gasteiger partial charge in [-0.25, -0.2) is 0 Å². The fourth-order valence-electron chi connectivity index (χ4n) is 2.22. The summed E-state index contributed by atoms with van der Waals surface area (Å²) in [5.41, 5.74) is 0.322. The van der Waals surface area contributed by atoms with Crippen LogP contribution in [0.5, 0.6) is 0 Å². The maximum absolute atomic E-state index is 12.5. The molecule has 0 radical (unpaired) electrons. The van der Waals surface area contributed by atoms with Gasteiger partial charge in [0.25, 0.3) is 11.6 Å². The lowest BCUT2D eigenvalue weighted by Gasteiger charge is -2.31. The molecule has 6 nitrogen and oxygen atoms in total. The van der Waals surface area contributed by atoms with Gasteiger partial charge in [-0.3, -0.25) is 14.9 Å². The number of carbonyl (C=O) groups excluding carboxylic acids is 1. The van der Waals surface area contributed by atoms with Gasteiger partial charge < -0.3 is 9.64 Å². The van der Waals surface area contributed by atoms with Crippen LogP contribution in [-0.2, 0) is 4.74 Å². The van der Waals surface area contributed by atoms with E-state index in [4.69, 9.17) is 4.74 Å². The third kappa shape index (κ3) is 3.26. The van der Waals surface area contributed by atoms with Crippen LogP contribution >= 0.6 is 22.6 Å². The van der Waals surface area contributed by atoms with Crippen molar-refractivity contribution in [2.45, 2.75) is 18.9 Å². The zero-order chi connectivity index (χ0) is 14.7. The highest BCUT2D eigenvalue weighted by molar-refractivity contribution is 14.1. The molecule has 0 aromatic heterocycles. The summed E-state index contributed by atoms with van der Waals surface area (Å²) in [5.74, 6) is -0.176. The van der Waals surface area contributed by atoms with Crippen molar-refractivity contribution in [3.63, 3.8) is 0 Å². The first-order chi connectivity index (χ1) is 9.50. The highest BCUT2D eigenvalue weighted by Gasteiger charge is 2.25. The van der Waals surface area contributed by atoms with Crippen molar-refractivity contribution in [1.29, 1.82) is 0 Å². The van der Waals surface area contributed by atoms with E-state index in [9.17, 15) is 14.9 Å². The minimum Gasteiger partial charge on any atom is -0.381 e. The van der Waals surface area contributed by atoms with Crippen LogP contribution in [0.3, 0.4) is 0 Å². The minimum absolute atomic E-state index is 0.0610. The molecule has 1 amide bonds. The standard InChI is InChI=1S/C13H15IN2O4/c1-15(9-4-6-20-7-5-9)13(17)11-8-10(16(18)19)2-3-12(11)14/h2-3,8-9H,4-7H2,1H3. The topological polar surface area (TPSA) is 72.7 Å². The molecule has 1 saturated heterocycles. The molecule has 0 unspecified atom stereocenters. The average Bonchev–Trinajstić information content (AvgIpc) is 2.47. The Morgan fingerprint density at radius 3 is 2.70 bits per heavy atom. The van der Waals surface area contributed by atoms with Gasteiger partial charge in [0, 0.05) is 42.0 Å². The Balaban J connectivity index is 2.23. The molecule has 0 spiro atoms. The lowest BCUT2D eigenvalue weighted by molar-refractivity contribution is -0.384. The highest BCUT2D eigenvalue weighted by Crippen LogP contribution is 2.23. The molecule has 20 heavy (non-hydrogen) atoms. The average molecular weight is 390 g/mol. The lowest BCUT2D eigenvalue weighted by Crippen LogP contribution is -2.40. The molecule has 1 aliphatic heterocycles. The third-order valence-electron chi connectivity index (χ3n) is 3.45. The smallest absolute Gasteiger partial charge is 0.270 e. The summed E-state index contributed by atoms with van der Waals surface area (Å²) in [6.45, 7) is 1.29. The number of benzene rings is 1. The summed E-state index contributed by atoms with van der Waals surface area (Å²) in [6.07, 6.45) is 1.60. The number of ether oxygens (including phenoxy) is 1. The monoisotopic (exact) mass is 390 g/mol. The maximum atomic E-state index is 12.5. The number of hydrogen-bond acceptors (Lipinski definition) is 4. The van der Waals surface area contributed by atoms with Crippen LogP contribution in [0.15, 0.2) is 18.2 Å². The van der Waals surface area contributed by atoms with E-state index in [2.05, 4.69) is 0 Å². The molecule has 1 aromatic carbocycles. The van der Waals surface area contributed by atoms with E-state index < -0.39 is 4.92 Å². The molecular formula is C13H15IN2O4. The maximum Gasteiger partial charge on any atom is 0.270 e. The molecule has 0 aliphatic carbocycles. The van der Waals surface area contributed by atoms with Crippen molar-refractivity contribution >= 4 is 34.2 Å². The van der Waals surface area contributed by atoms with Gasteiger partial charge in [-0.05, 0) is 41.5 Å². The van der Waals surface area contributed by atoms with Gasteiger partial charge in [-0.15, -0.1) is 0 Å². The molecule has 108 valence electrons. The van der Waals surface area contributed by atoms with Gasteiger partial charge in [0.2, 0.25) is 0 Å². The van der Waals surface area contributed by atoms with E-state index in [-0.39, 0.29) is 17.6 Å². The van der Waals surface area contributed by atoms with E-state index in [1.54, 1.807) is 18.0 Å². The number of nitro groups is 1.